The van der Waals surface area contributed by atoms with Crippen molar-refractivity contribution in [3.05, 3.63) is 54.1 Å². The average molecular weight is 583 g/mol. The number of fused-ring (bicyclic) bond motifs is 1. The summed E-state index contributed by atoms with van der Waals surface area (Å²) in [5, 5.41) is 0.0544. The van der Waals surface area contributed by atoms with E-state index in [2.05, 4.69) is 44.3 Å². The molecule has 0 aliphatic rings. The lowest BCUT2D eigenvalue weighted by Crippen LogP contribution is -2.27. The van der Waals surface area contributed by atoms with Crippen LogP contribution in [0.2, 0.25) is 31.0 Å². The molecule has 0 aliphatic heterocycles. The zero-order valence-electron chi connectivity index (χ0n) is 24.7. The molecule has 0 saturated heterocycles. The van der Waals surface area contributed by atoms with Crippen LogP contribution in [0.1, 0.15) is 4.11 Å². The fraction of sp³-hybridized carbons (Fsp3) is 0.360. The van der Waals surface area contributed by atoms with Crippen molar-refractivity contribution in [3.8, 4) is 5.75 Å². The van der Waals surface area contributed by atoms with Gasteiger partial charge >= 0.3 is 6.36 Å². The van der Waals surface area contributed by atoms with Crippen LogP contribution in [0.25, 0.3) is 11.2 Å². The van der Waals surface area contributed by atoms with Crippen molar-refractivity contribution in [1.82, 2.24) is 24.5 Å². The number of benzene rings is 1. The molecule has 14 heteroatoms. The molecule has 9 nitrogen and oxygen atoms in total. The summed E-state index contributed by atoms with van der Waals surface area (Å²) in [6.07, 6.45) is -1.88. The number of halogens is 4. The standard InChI is InChI=1S/C25H29ClF3N7O2Si/c1-34(21-10-11-30-23(26)33-21)18-14-20-22(31-15-18)35(2)24(32-20)36(16-37-12-13-39(3,4)5)17-6-8-19(9-7-17)38-25(27,28)29/h6-11,14-15H,12-13,16H2,1-5H3/i2D3. The van der Waals surface area contributed by atoms with Gasteiger partial charge in [-0.3, -0.25) is 9.47 Å². The Hall–Kier alpha value is -3.42. The lowest BCUT2D eigenvalue weighted by molar-refractivity contribution is -0.274. The van der Waals surface area contributed by atoms with E-state index in [-0.39, 0.29) is 29.1 Å². The zero-order valence-corrected chi connectivity index (χ0v) is 23.5. The average Bonchev–Trinajstić information content (AvgIpc) is 3.26. The number of anilines is 4. The van der Waals surface area contributed by atoms with Crippen molar-refractivity contribution in [2.75, 3.05) is 30.2 Å². The van der Waals surface area contributed by atoms with Crippen molar-refractivity contribution in [2.45, 2.75) is 32.0 Å². The fourth-order valence-electron chi connectivity index (χ4n) is 3.56. The maximum atomic E-state index is 12.7. The molecule has 0 atom stereocenters. The summed E-state index contributed by atoms with van der Waals surface area (Å²) in [6.45, 7) is 4.16. The van der Waals surface area contributed by atoms with Crippen LogP contribution in [0.3, 0.4) is 0 Å². The summed E-state index contributed by atoms with van der Waals surface area (Å²) in [5.74, 6) is 0.0273. The molecular formula is C25H29ClF3N7O2Si. The van der Waals surface area contributed by atoms with Crippen molar-refractivity contribution in [2.24, 2.45) is 6.98 Å². The van der Waals surface area contributed by atoms with Gasteiger partial charge in [0.15, 0.2) is 5.65 Å². The molecule has 39 heavy (non-hydrogen) atoms. The molecule has 4 aromatic rings. The molecule has 208 valence electrons. The first kappa shape index (κ1) is 24.6. The zero-order chi connectivity index (χ0) is 30.9. The van der Waals surface area contributed by atoms with Gasteiger partial charge in [0.1, 0.15) is 23.8 Å². The minimum absolute atomic E-state index is 0.0279. The number of rotatable bonds is 10. The van der Waals surface area contributed by atoms with Crippen LogP contribution in [0.4, 0.5) is 36.3 Å². The molecule has 0 aliphatic carbocycles. The van der Waals surface area contributed by atoms with Crippen LogP contribution in [0.5, 0.6) is 5.75 Å². The highest BCUT2D eigenvalue weighted by molar-refractivity contribution is 6.76. The molecular weight excluding hydrogens is 551 g/mol. The Balaban J connectivity index is 1.78. The first-order valence-electron chi connectivity index (χ1n) is 13.3. The molecule has 0 N–H and O–H groups in total. The lowest BCUT2D eigenvalue weighted by atomic mass is 10.3. The van der Waals surface area contributed by atoms with Crippen LogP contribution in [0, 0.1) is 0 Å². The Morgan fingerprint density at radius 2 is 1.82 bits per heavy atom. The highest BCUT2D eigenvalue weighted by atomic mass is 35.5. The van der Waals surface area contributed by atoms with Crippen molar-refractivity contribution < 1.29 is 26.8 Å². The molecule has 3 aromatic heterocycles. The van der Waals surface area contributed by atoms with E-state index in [1.807, 2.05) is 0 Å². The van der Waals surface area contributed by atoms with E-state index in [0.29, 0.717) is 23.8 Å². The fourth-order valence-corrected chi connectivity index (χ4v) is 4.46. The topological polar surface area (TPSA) is 81.4 Å². The molecule has 0 amide bonds. The summed E-state index contributed by atoms with van der Waals surface area (Å²) in [7, 11) is 0.285. The number of aromatic nitrogens is 5. The molecule has 0 fully saturated rings. The lowest BCUT2D eigenvalue weighted by Gasteiger charge is -2.25. The number of alkyl halides is 3. The van der Waals surface area contributed by atoms with E-state index in [9.17, 15) is 13.2 Å². The van der Waals surface area contributed by atoms with Gasteiger partial charge in [-0.25, -0.2) is 19.9 Å². The first-order chi connectivity index (χ1) is 19.5. The van der Waals surface area contributed by atoms with Gasteiger partial charge in [0, 0.05) is 44.7 Å². The maximum absolute atomic E-state index is 12.7. The molecule has 0 unspecified atom stereocenters. The second-order valence-electron chi connectivity index (χ2n) is 9.84. The van der Waals surface area contributed by atoms with Gasteiger partial charge in [-0.15, -0.1) is 13.2 Å². The van der Waals surface area contributed by atoms with Gasteiger partial charge in [0.2, 0.25) is 11.2 Å². The van der Waals surface area contributed by atoms with E-state index >= 15 is 0 Å². The van der Waals surface area contributed by atoms with Crippen molar-refractivity contribution in [1.29, 1.82) is 0 Å². The minimum Gasteiger partial charge on any atom is -0.406 e. The number of pyridine rings is 1. The van der Waals surface area contributed by atoms with Crippen LogP contribution in [0.15, 0.2) is 48.8 Å². The van der Waals surface area contributed by atoms with E-state index < -0.39 is 27.2 Å². The Morgan fingerprint density at radius 3 is 2.46 bits per heavy atom. The number of hydrogen-bond donors (Lipinski definition) is 0. The van der Waals surface area contributed by atoms with Crippen molar-refractivity contribution >= 4 is 54.0 Å². The number of aryl methyl sites for hydroxylation is 1. The Morgan fingerprint density at radius 1 is 1.08 bits per heavy atom. The van der Waals surface area contributed by atoms with Gasteiger partial charge < -0.3 is 14.4 Å². The smallest absolute Gasteiger partial charge is 0.406 e. The largest absolute Gasteiger partial charge is 0.573 e. The summed E-state index contributed by atoms with van der Waals surface area (Å²) >= 11 is 5.94. The van der Waals surface area contributed by atoms with Crippen LogP contribution < -0.4 is 14.5 Å². The third kappa shape index (κ3) is 7.37. The summed E-state index contributed by atoms with van der Waals surface area (Å²) in [6, 6.07) is 9.16. The number of nitrogens with zero attached hydrogens (tertiary/aromatic N) is 7. The summed E-state index contributed by atoms with van der Waals surface area (Å²) < 4.78 is 73.9. The van der Waals surface area contributed by atoms with Gasteiger partial charge in [-0.2, -0.15) is 0 Å². The van der Waals surface area contributed by atoms with Crippen LogP contribution in [-0.4, -0.2) is 59.3 Å². The Bertz CT molecular complexity index is 1530. The van der Waals surface area contributed by atoms with Crippen molar-refractivity contribution in [3.63, 3.8) is 0 Å². The Kier molecular flexibility index (Phi) is 7.17. The highest BCUT2D eigenvalue weighted by Crippen LogP contribution is 2.32. The van der Waals surface area contributed by atoms with Crippen LogP contribution >= 0.6 is 11.6 Å². The predicted molar refractivity (Wildman–Crippen MR) is 148 cm³/mol. The molecule has 0 spiro atoms. The summed E-state index contributed by atoms with van der Waals surface area (Å²) in [4.78, 5) is 20.3. The number of imidazole rings is 1. The molecule has 3 heterocycles. The van der Waals surface area contributed by atoms with E-state index in [1.165, 1.54) is 29.4 Å². The molecule has 1 aromatic carbocycles. The van der Waals surface area contributed by atoms with Gasteiger partial charge in [-0.05, 0) is 54.0 Å². The van der Waals surface area contributed by atoms with E-state index in [0.717, 1.165) is 22.7 Å². The van der Waals surface area contributed by atoms with E-state index in [1.54, 1.807) is 24.1 Å². The predicted octanol–water partition coefficient (Wildman–Crippen LogP) is 6.53. The normalized spacial score (nSPS) is 13.6. The number of hydrogen-bond acceptors (Lipinski definition) is 8. The summed E-state index contributed by atoms with van der Waals surface area (Å²) in [5.41, 5.74) is 1.22. The second-order valence-corrected chi connectivity index (χ2v) is 15.8. The third-order valence-electron chi connectivity index (χ3n) is 5.65. The second kappa shape index (κ2) is 11.4. The minimum atomic E-state index is -4.86. The Labute approximate surface area is 234 Å². The monoisotopic (exact) mass is 582 g/mol. The van der Waals surface area contributed by atoms with Gasteiger partial charge in [-0.1, -0.05) is 19.6 Å². The first-order valence-corrected chi connectivity index (χ1v) is 15.9. The number of ether oxygens (including phenoxy) is 2. The van der Waals surface area contributed by atoms with Crippen LogP contribution in [-0.2, 0) is 11.7 Å². The van der Waals surface area contributed by atoms with E-state index in [4.69, 9.17) is 20.5 Å². The quantitative estimate of drug-likeness (QED) is 0.0903. The van der Waals surface area contributed by atoms with Gasteiger partial charge in [0.25, 0.3) is 0 Å². The highest BCUT2D eigenvalue weighted by Gasteiger charge is 2.31. The molecule has 0 radical (unpaired) electrons. The van der Waals surface area contributed by atoms with Gasteiger partial charge in [0.05, 0.1) is 11.9 Å². The maximum Gasteiger partial charge on any atom is 0.573 e. The third-order valence-corrected chi connectivity index (χ3v) is 7.53. The molecule has 4 rings (SSSR count). The SMILES string of the molecule is [2H]C([2H])([2H])n1c(N(COCC[Si](C)(C)C)c2ccc(OC(F)(F)F)cc2)nc2cc(N(C)c3ccnc(Cl)n3)cnc21. The molecule has 0 saturated carbocycles. The molecule has 0 bridgehead atoms.